The van der Waals surface area contributed by atoms with Gasteiger partial charge in [0.05, 0.1) is 18.0 Å². The molecule has 0 bridgehead atoms. The first kappa shape index (κ1) is 12.2. The normalized spacial score (nSPS) is 9.81. The zero-order valence-electron chi connectivity index (χ0n) is 9.68. The fourth-order valence-electron chi connectivity index (χ4n) is 1.29. The maximum absolute atomic E-state index is 11.6. The molecule has 1 rings (SSSR count). The largest absolute Gasteiger partial charge is 0.373 e. The fraction of sp³-hybridized carbons (Fsp3) is 0.545. The SMILES string of the molecule is CCN(C)c1cnn(CCCC#N)c(=O)c1. The Bertz CT molecular complexity index is 432. The number of hydrogen-bond donors (Lipinski definition) is 0. The van der Waals surface area contributed by atoms with E-state index in [9.17, 15) is 4.79 Å². The highest BCUT2D eigenvalue weighted by Gasteiger charge is 2.02. The molecule has 1 aromatic rings. The van der Waals surface area contributed by atoms with E-state index in [4.69, 9.17) is 5.26 Å². The van der Waals surface area contributed by atoms with Crippen LogP contribution < -0.4 is 10.5 Å². The summed E-state index contributed by atoms with van der Waals surface area (Å²) in [6.45, 7) is 3.35. The maximum atomic E-state index is 11.6. The summed E-state index contributed by atoms with van der Waals surface area (Å²) < 4.78 is 1.39. The van der Waals surface area contributed by atoms with Crippen molar-refractivity contribution in [1.29, 1.82) is 5.26 Å². The Labute approximate surface area is 94.9 Å². The van der Waals surface area contributed by atoms with Gasteiger partial charge in [-0.2, -0.15) is 10.4 Å². The van der Waals surface area contributed by atoms with E-state index in [0.29, 0.717) is 19.4 Å². The molecule has 0 aliphatic heterocycles. The Kier molecular flexibility index (Phi) is 4.52. The number of anilines is 1. The van der Waals surface area contributed by atoms with E-state index in [1.54, 1.807) is 12.3 Å². The molecular formula is C11H16N4O. The lowest BCUT2D eigenvalue weighted by molar-refractivity contribution is 0.553. The van der Waals surface area contributed by atoms with Crippen LogP contribution in [0, 0.1) is 11.3 Å². The van der Waals surface area contributed by atoms with Crippen molar-refractivity contribution < 1.29 is 0 Å². The highest BCUT2D eigenvalue weighted by molar-refractivity contribution is 5.41. The molecule has 86 valence electrons. The highest BCUT2D eigenvalue weighted by atomic mass is 16.1. The minimum Gasteiger partial charge on any atom is -0.373 e. The average molecular weight is 220 g/mol. The first-order valence-corrected chi connectivity index (χ1v) is 5.34. The fourth-order valence-corrected chi connectivity index (χ4v) is 1.29. The average Bonchev–Trinajstić information content (AvgIpc) is 2.30. The first-order chi connectivity index (χ1) is 7.69. The van der Waals surface area contributed by atoms with Crippen LogP contribution in [0.3, 0.4) is 0 Å². The van der Waals surface area contributed by atoms with E-state index in [1.165, 1.54) is 4.68 Å². The Morgan fingerprint density at radius 3 is 2.94 bits per heavy atom. The molecular weight excluding hydrogens is 204 g/mol. The van der Waals surface area contributed by atoms with Crippen molar-refractivity contribution in [3.8, 4) is 6.07 Å². The Morgan fingerprint density at radius 2 is 2.38 bits per heavy atom. The summed E-state index contributed by atoms with van der Waals surface area (Å²) in [4.78, 5) is 13.6. The topological polar surface area (TPSA) is 61.9 Å². The molecule has 1 aromatic heterocycles. The smallest absolute Gasteiger partial charge is 0.268 e. The van der Waals surface area contributed by atoms with Crippen LogP contribution >= 0.6 is 0 Å². The molecule has 0 spiro atoms. The van der Waals surface area contributed by atoms with Gasteiger partial charge in [-0.15, -0.1) is 0 Å². The van der Waals surface area contributed by atoms with Crippen molar-refractivity contribution in [2.24, 2.45) is 0 Å². The minimum atomic E-state index is -0.115. The van der Waals surface area contributed by atoms with E-state index >= 15 is 0 Å². The van der Waals surface area contributed by atoms with Gasteiger partial charge in [-0.25, -0.2) is 4.68 Å². The second-order valence-electron chi connectivity index (χ2n) is 3.55. The predicted molar refractivity (Wildman–Crippen MR) is 62.3 cm³/mol. The lowest BCUT2D eigenvalue weighted by atomic mass is 10.3. The third-order valence-corrected chi connectivity index (χ3v) is 2.43. The van der Waals surface area contributed by atoms with Crippen molar-refractivity contribution in [2.75, 3.05) is 18.5 Å². The molecule has 0 unspecified atom stereocenters. The molecule has 0 atom stereocenters. The van der Waals surface area contributed by atoms with Gasteiger partial charge in [0.15, 0.2) is 0 Å². The van der Waals surface area contributed by atoms with E-state index in [1.807, 2.05) is 24.9 Å². The summed E-state index contributed by atoms with van der Waals surface area (Å²) in [6, 6.07) is 3.62. The number of aryl methyl sites for hydroxylation is 1. The molecule has 5 heteroatoms. The van der Waals surface area contributed by atoms with Gasteiger partial charge >= 0.3 is 0 Å². The molecule has 0 N–H and O–H groups in total. The summed E-state index contributed by atoms with van der Waals surface area (Å²) in [5.41, 5.74) is 0.708. The highest BCUT2D eigenvalue weighted by Crippen LogP contribution is 2.05. The van der Waals surface area contributed by atoms with Gasteiger partial charge in [0.25, 0.3) is 5.56 Å². The first-order valence-electron chi connectivity index (χ1n) is 5.34. The quantitative estimate of drug-likeness (QED) is 0.694. The van der Waals surface area contributed by atoms with Gasteiger partial charge in [0, 0.05) is 32.6 Å². The van der Waals surface area contributed by atoms with Crippen LogP contribution in [0.15, 0.2) is 17.1 Å². The molecule has 1 heterocycles. The van der Waals surface area contributed by atoms with E-state index in [0.717, 1.165) is 12.2 Å². The lowest BCUT2D eigenvalue weighted by Crippen LogP contribution is -2.25. The zero-order chi connectivity index (χ0) is 12.0. The molecule has 0 radical (unpaired) electrons. The summed E-state index contributed by atoms with van der Waals surface area (Å²) in [7, 11) is 1.91. The van der Waals surface area contributed by atoms with Crippen LogP contribution in [0.25, 0.3) is 0 Å². The van der Waals surface area contributed by atoms with Crippen LogP contribution in [0.5, 0.6) is 0 Å². The van der Waals surface area contributed by atoms with Gasteiger partial charge in [-0.3, -0.25) is 4.79 Å². The van der Waals surface area contributed by atoms with Crippen molar-refractivity contribution in [3.05, 3.63) is 22.6 Å². The van der Waals surface area contributed by atoms with Gasteiger partial charge in [0.2, 0.25) is 0 Å². The third kappa shape index (κ3) is 3.09. The molecule has 0 amide bonds. The Morgan fingerprint density at radius 1 is 1.62 bits per heavy atom. The van der Waals surface area contributed by atoms with E-state index in [-0.39, 0.29) is 5.56 Å². The standard InChI is InChI=1S/C11H16N4O/c1-3-14(2)10-8-11(16)15(13-9-10)7-5-4-6-12/h8-9H,3-5,7H2,1-2H3. The molecule has 0 aliphatic rings. The number of nitrogens with zero attached hydrogens (tertiary/aromatic N) is 4. The predicted octanol–water partition coefficient (Wildman–Crippen LogP) is 1.00. The molecule has 0 saturated carbocycles. The third-order valence-electron chi connectivity index (χ3n) is 2.43. The van der Waals surface area contributed by atoms with E-state index in [2.05, 4.69) is 5.10 Å². The number of unbranched alkanes of at least 4 members (excludes halogenated alkanes) is 1. The number of aromatic nitrogens is 2. The Hall–Kier alpha value is -1.83. The number of hydrogen-bond acceptors (Lipinski definition) is 4. The van der Waals surface area contributed by atoms with Gasteiger partial charge in [-0.1, -0.05) is 0 Å². The van der Waals surface area contributed by atoms with Gasteiger partial charge in [0.1, 0.15) is 0 Å². The van der Waals surface area contributed by atoms with Crippen LogP contribution in [-0.4, -0.2) is 23.4 Å². The number of nitriles is 1. The van der Waals surface area contributed by atoms with Crippen molar-refractivity contribution >= 4 is 5.69 Å². The summed E-state index contributed by atoms with van der Waals surface area (Å²) in [5, 5.41) is 12.5. The van der Waals surface area contributed by atoms with Crippen molar-refractivity contribution in [1.82, 2.24) is 9.78 Å². The van der Waals surface area contributed by atoms with Gasteiger partial charge < -0.3 is 4.90 Å². The molecule has 0 fully saturated rings. The second-order valence-corrected chi connectivity index (χ2v) is 3.55. The molecule has 5 nitrogen and oxygen atoms in total. The molecule has 0 aromatic carbocycles. The summed E-state index contributed by atoms with van der Waals surface area (Å²) >= 11 is 0. The van der Waals surface area contributed by atoms with Crippen LogP contribution in [0.1, 0.15) is 19.8 Å². The van der Waals surface area contributed by atoms with Crippen molar-refractivity contribution in [3.63, 3.8) is 0 Å². The van der Waals surface area contributed by atoms with Crippen LogP contribution in [0.2, 0.25) is 0 Å². The molecule has 0 aliphatic carbocycles. The second kappa shape index (κ2) is 5.91. The summed E-state index contributed by atoms with van der Waals surface area (Å²) in [5.74, 6) is 0. The molecule has 16 heavy (non-hydrogen) atoms. The Balaban J connectivity index is 2.76. The van der Waals surface area contributed by atoms with E-state index < -0.39 is 0 Å². The monoisotopic (exact) mass is 220 g/mol. The van der Waals surface area contributed by atoms with Crippen LogP contribution in [0.4, 0.5) is 5.69 Å². The zero-order valence-corrected chi connectivity index (χ0v) is 9.68. The lowest BCUT2D eigenvalue weighted by Gasteiger charge is -2.16. The van der Waals surface area contributed by atoms with Crippen LogP contribution in [-0.2, 0) is 6.54 Å². The minimum absolute atomic E-state index is 0.115. The molecule has 0 saturated heterocycles. The number of rotatable bonds is 5. The van der Waals surface area contributed by atoms with Crippen molar-refractivity contribution in [2.45, 2.75) is 26.3 Å². The maximum Gasteiger partial charge on any atom is 0.268 e. The van der Waals surface area contributed by atoms with Gasteiger partial charge in [-0.05, 0) is 13.3 Å². The summed E-state index contributed by atoms with van der Waals surface area (Å²) in [6.07, 6.45) is 2.79.